The van der Waals surface area contributed by atoms with Crippen molar-refractivity contribution < 1.29 is 0 Å². The minimum absolute atomic E-state index is 0.379. The Balaban J connectivity index is 1.97. The van der Waals surface area contributed by atoms with Crippen LogP contribution in [0.1, 0.15) is 51.6 Å². The molecular weight excluding hydrogens is 242 g/mol. The van der Waals surface area contributed by atoms with E-state index < -0.39 is 0 Å². The van der Waals surface area contributed by atoms with Crippen LogP contribution in [0.25, 0.3) is 0 Å². The molecule has 0 heterocycles. The van der Waals surface area contributed by atoms with Crippen LogP contribution in [0.3, 0.4) is 0 Å². The molecule has 0 amide bonds. The van der Waals surface area contributed by atoms with Gasteiger partial charge in [0.1, 0.15) is 0 Å². The van der Waals surface area contributed by atoms with Crippen LogP contribution in [0.15, 0.2) is 24.3 Å². The molecule has 2 rings (SSSR count). The van der Waals surface area contributed by atoms with Crippen molar-refractivity contribution >= 4 is 11.6 Å². The zero-order chi connectivity index (χ0) is 13.1. The van der Waals surface area contributed by atoms with Crippen LogP contribution in [-0.4, -0.2) is 6.04 Å². The molecule has 1 nitrogen and oxygen atoms in total. The highest BCUT2D eigenvalue weighted by molar-refractivity contribution is 6.30. The summed E-state index contributed by atoms with van der Waals surface area (Å²) in [5.41, 5.74) is 1.29. The highest BCUT2D eigenvalue weighted by Gasteiger charge is 2.26. The van der Waals surface area contributed by atoms with Crippen LogP contribution in [-0.2, 0) is 0 Å². The van der Waals surface area contributed by atoms with E-state index in [0.717, 1.165) is 16.9 Å². The summed E-state index contributed by atoms with van der Waals surface area (Å²) < 4.78 is 0. The minimum Gasteiger partial charge on any atom is -0.307 e. The number of nitrogens with one attached hydrogen (secondary N) is 1. The third-order valence-electron chi connectivity index (χ3n) is 4.24. The van der Waals surface area contributed by atoms with Gasteiger partial charge in [-0.15, -0.1) is 0 Å². The van der Waals surface area contributed by atoms with E-state index in [4.69, 9.17) is 11.6 Å². The van der Waals surface area contributed by atoms with Gasteiger partial charge in [0.05, 0.1) is 0 Å². The topological polar surface area (TPSA) is 12.0 Å². The lowest BCUT2D eigenvalue weighted by Gasteiger charge is -2.35. The van der Waals surface area contributed by atoms with Gasteiger partial charge in [-0.25, -0.2) is 0 Å². The van der Waals surface area contributed by atoms with Crippen LogP contribution in [0.5, 0.6) is 0 Å². The molecule has 0 spiro atoms. The van der Waals surface area contributed by atoms with Gasteiger partial charge in [0.25, 0.3) is 0 Å². The highest BCUT2D eigenvalue weighted by atomic mass is 35.5. The summed E-state index contributed by atoms with van der Waals surface area (Å²) >= 11 is 6.05. The van der Waals surface area contributed by atoms with Gasteiger partial charge in [-0.3, -0.25) is 0 Å². The molecule has 0 aromatic heterocycles. The van der Waals surface area contributed by atoms with Crippen molar-refractivity contribution in [2.24, 2.45) is 11.8 Å². The maximum atomic E-state index is 6.05. The van der Waals surface area contributed by atoms with Crippen molar-refractivity contribution in [3.8, 4) is 0 Å². The monoisotopic (exact) mass is 265 g/mol. The van der Waals surface area contributed by atoms with Crippen molar-refractivity contribution in [3.05, 3.63) is 34.9 Å². The average molecular weight is 266 g/mol. The molecule has 1 aromatic carbocycles. The molecule has 0 aliphatic heterocycles. The summed E-state index contributed by atoms with van der Waals surface area (Å²) in [5, 5.41) is 4.60. The van der Waals surface area contributed by atoms with Crippen molar-refractivity contribution in [1.29, 1.82) is 0 Å². The van der Waals surface area contributed by atoms with Crippen LogP contribution in [0.4, 0.5) is 0 Å². The molecule has 1 fully saturated rings. The Morgan fingerprint density at radius 1 is 1.28 bits per heavy atom. The molecular formula is C16H24ClN. The molecule has 0 radical (unpaired) electrons. The number of rotatable bonds is 3. The summed E-state index contributed by atoms with van der Waals surface area (Å²) in [5.74, 6) is 1.66. The zero-order valence-electron chi connectivity index (χ0n) is 11.6. The predicted molar refractivity (Wildman–Crippen MR) is 79.0 cm³/mol. The third-order valence-corrected chi connectivity index (χ3v) is 4.48. The zero-order valence-corrected chi connectivity index (χ0v) is 12.4. The van der Waals surface area contributed by atoms with E-state index in [1.165, 1.54) is 24.8 Å². The lowest BCUT2D eigenvalue weighted by atomic mass is 9.79. The van der Waals surface area contributed by atoms with E-state index in [-0.39, 0.29) is 0 Å². The van der Waals surface area contributed by atoms with Crippen molar-refractivity contribution in [1.82, 2.24) is 5.32 Å². The molecule has 0 bridgehead atoms. The maximum Gasteiger partial charge on any atom is 0.0409 e. The second kappa shape index (κ2) is 6.08. The molecule has 18 heavy (non-hydrogen) atoms. The van der Waals surface area contributed by atoms with E-state index in [1.807, 2.05) is 12.1 Å². The normalized spacial score (nSPS) is 30.1. The Bertz CT molecular complexity index is 390. The van der Waals surface area contributed by atoms with Crippen LogP contribution in [0.2, 0.25) is 5.02 Å². The molecule has 1 aliphatic rings. The van der Waals surface area contributed by atoms with E-state index >= 15 is 0 Å². The molecule has 1 saturated carbocycles. The summed E-state index contributed by atoms with van der Waals surface area (Å²) in [4.78, 5) is 0. The molecule has 1 aliphatic carbocycles. The van der Waals surface area contributed by atoms with Gasteiger partial charge >= 0.3 is 0 Å². The van der Waals surface area contributed by atoms with Gasteiger partial charge in [-0.2, -0.15) is 0 Å². The fourth-order valence-electron chi connectivity index (χ4n) is 3.11. The third kappa shape index (κ3) is 3.49. The van der Waals surface area contributed by atoms with Gasteiger partial charge in [0.15, 0.2) is 0 Å². The fraction of sp³-hybridized carbons (Fsp3) is 0.625. The number of halogens is 1. The number of benzene rings is 1. The van der Waals surface area contributed by atoms with Crippen LogP contribution < -0.4 is 5.32 Å². The Kier molecular flexibility index (Phi) is 4.69. The first-order valence-corrected chi connectivity index (χ1v) is 7.45. The fourth-order valence-corrected chi connectivity index (χ4v) is 3.30. The smallest absolute Gasteiger partial charge is 0.0409 e. The first kappa shape index (κ1) is 13.9. The van der Waals surface area contributed by atoms with Crippen LogP contribution in [0, 0.1) is 11.8 Å². The average Bonchev–Trinajstić information content (AvgIpc) is 2.32. The van der Waals surface area contributed by atoms with Crippen LogP contribution >= 0.6 is 11.6 Å². The van der Waals surface area contributed by atoms with Crippen molar-refractivity contribution in [2.45, 2.75) is 52.1 Å². The first-order valence-electron chi connectivity index (χ1n) is 7.07. The summed E-state index contributed by atoms with van der Waals surface area (Å²) in [7, 11) is 0. The Morgan fingerprint density at radius 3 is 2.72 bits per heavy atom. The van der Waals surface area contributed by atoms with Gasteiger partial charge in [-0.1, -0.05) is 37.6 Å². The molecule has 1 aromatic rings. The Labute approximate surface area is 116 Å². The van der Waals surface area contributed by atoms with E-state index in [2.05, 4.69) is 38.2 Å². The molecule has 4 atom stereocenters. The van der Waals surface area contributed by atoms with Crippen molar-refractivity contribution in [2.75, 3.05) is 0 Å². The molecule has 1 N–H and O–H groups in total. The minimum atomic E-state index is 0.379. The van der Waals surface area contributed by atoms with Gasteiger partial charge in [-0.05, 0) is 55.7 Å². The van der Waals surface area contributed by atoms with E-state index in [1.54, 1.807) is 0 Å². The van der Waals surface area contributed by atoms with Crippen molar-refractivity contribution in [3.63, 3.8) is 0 Å². The second-order valence-electron chi connectivity index (χ2n) is 5.95. The summed E-state index contributed by atoms with van der Waals surface area (Å²) in [6, 6.07) is 9.21. The lowest BCUT2D eigenvalue weighted by Crippen LogP contribution is -2.40. The molecule has 2 heteroatoms. The largest absolute Gasteiger partial charge is 0.307 e. The maximum absolute atomic E-state index is 6.05. The predicted octanol–water partition coefficient (Wildman–Crippen LogP) is 4.82. The lowest BCUT2D eigenvalue weighted by molar-refractivity contribution is 0.216. The van der Waals surface area contributed by atoms with Gasteiger partial charge in [0.2, 0.25) is 0 Å². The Hall–Kier alpha value is -0.530. The summed E-state index contributed by atoms with van der Waals surface area (Å²) in [6.45, 7) is 6.97. The summed E-state index contributed by atoms with van der Waals surface area (Å²) in [6.07, 6.45) is 4.00. The SMILES string of the molecule is CC1CCC(NC(C)c2cccc(Cl)c2)C(C)C1. The molecule has 0 saturated heterocycles. The van der Waals surface area contributed by atoms with E-state index in [0.29, 0.717) is 12.1 Å². The van der Waals surface area contributed by atoms with Gasteiger partial charge < -0.3 is 5.32 Å². The molecule has 100 valence electrons. The van der Waals surface area contributed by atoms with Gasteiger partial charge in [0, 0.05) is 17.1 Å². The first-order chi connectivity index (χ1) is 8.56. The second-order valence-corrected chi connectivity index (χ2v) is 6.38. The Morgan fingerprint density at radius 2 is 2.06 bits per heavy atom. The number of hydrogen-bond acceptors (Lipinski definition) is 1. The standard InChI is InChI=1S/C16H24ClN/c1-11-7-8-16(12(2)9-11)18-13(3)14-5-4-6-15(17)10-14/h4-6,10-13,16,18H,7-9H2,1-3H3. The highest BCUT2D eigenvalue weighted by Crippen LogP contribution is 2.30. The quantitative estimate of drug-likeness (QED) is 0.827. The molecule has 4 unspecified atom stereocenters. The van der Waals surface area contributed by atoms with E-state index in [9.17, 15) is 0 Å². The number of hydrogen-bond donors (Lipinski definition) is 1.